The molecule has 0 unspecified atom stereocenters. The zero-order chi connectivity index (χ0) is 16.4. The van der Waals surface area contributed by atoms with Crippen molar-refractivity contribution in [3.05, 3.63) is 75.6 Å². The van der Waals surface area contributed by atoms with E-state index in [-0.39, 0.29) is 5.91 Å². The van der Waals surface area contributed by atoms with Crippen molar-refractivity contribution in [2.75, 3.05) is 5.32 Å². The summed E-state index contributed by atoms with van der Waals surface area (Å²) in [4.78, 5) is 23.7. The Bertz CT molecular complexity index is 923. The lowest BCUT2D eigenvalue weighted by atomic mass is 10.1. The van der Waals surface area contributed by atoms with E-state index in [0.717, 1.165) is 17.4 Å². The van der Waals surface area contributed by atoms with Crippen LogP contribution in [0.3, 0.4) is 0 Å². The molecule has 0 aliphatic heterocycles. The van der Waals surface area contributed by atoms with Gasteiger partial charge in [0.1, 0.15) is 5.58 Å². The van der Waals surface area contributed by atoms with Crippen molar-refractivity contribution in [3.8, 4) is 0 Å². The molecule has 1 amide bonds. The van der Waals surface area contributed by atoms with E-state index in [1.807, 2.05) is 25.1 Å². The molecule has 0 saturated heterocycles. The van der Waals surface area contributed by atoms with Crippen molar-refractivity contribution in [1.29, 1.82) is 0 Å². The van der Waals surface area contributed by atoms with Crippen molar-refractivity contribution < 1.29 is 9.21 Å². The maximum Gasteiger partial charge on any atom is 0.336 e. The van der Waals surface area contributed by atoms with Gasteiger partial charge in [0, 0.05) is 28.8 Å². The van der Waals surface area contributed by atoms with Crippen LogP contribution in [0, 0.1) is 6.92 Å². The molecule has 116 valence electrons. The van der Waals surface area contributed by atoms with Crippen LogP contribution in [-0.4, -0.2) is 5.91 Å². The van der Waals surface area contributed by atoms with E-state index in [4.69, 9.17) is 4.42 Å². The van der Waals surface area contributed by atoms with Crippen LogP contribution in [0.4, 0.5) is 5.69 Å². The maximum absolute atomic E-state index is 12.3. The Morgan fingerprint density at radius 1 is 1.09 bits per heavy atom. The number of benzene rings is 2. The Labute approximate surface area is 133 Å². The topological polar surface area (TPSA) is 59.3 Å². The Morgan fingerprint density at radius 2 is 1.83 bits per heavy atom. The minimum Gasteiger partial charge on any atom is -0.423 e. The third kappa shape index (κ3) is 3.16. The second-order valence-electron chi connectivity index (χ2n) is 5.46. The number of amides is 1. The van der Waals surface area contributed by atoms with E-state index in [9.17, 15) is 9.59 Å². The number of carbonyl (C=O) groups is 1. The summed E-state index contributed by atoms with van der Waals surface area (Å²) in [5, 5.41) is 3.68. The Morgan fingerprint density at radius 3 is 2.52 bits per heavy atom. The highest BCUT2D eigenvalue weighted by molar-refractivity contribution is 6.05. The highest BCUT2D eigenvalue weighted by Gasteiger charge is 2.08. The molecular weight excluding hydrogens is 290 g/mol. The number of hydrogen-bond donors (Lipinski definition) is 1. The summed E-state index contributed by atoms with van der Waals surface area (Å²) in [7, 11) is 0. The SMILES string of the molecule is CCc1ccc(C(=O)Nc2ccc3c(C)cc(=O)oc3c2)cc1. The van der Waals surface area contributed by atoms with E-state index in [1.54, 1.807) is 24.3 Å². The van der Waals surface area contributed by atoms with Crippen LogP contribution in [0.5, 0.6) is 0 Å². The fraction of sp³-hybridized carbons (Fsp3) is 0.158. The van der Waals surface area contributed by atoms with Gasteiger partial charge >= 0.3 is 5.63 Å². The molecule has 0 atom stereocenters. The van der Waals surface area contributed by atoms with Crippen LogP contribution in [0.2, 0.25) is 0 Å². The molecule has 0 aliphatic carbocycles. The lowest BCUT2D eigenvalue weighted by Gasteiger charge is -2.07. The quantitative estimate of drug-likeness (QED) is 0.746. The first-order chi connectivity index (χ1) is 11.1. The molecule has 0 fully saturated rings. The summed E-state index contributed by atoms with van der Waals surface area (Å²) in [6, 6.07) is 14.3. The molecule has 1 heterocycles. The van der Waals surface area contributed by atoms with E-state index in [1.165, 1.54) is 11.6 Å². The predicted octanol–water partition coefficient (Wildman–Crippen LogP) is 3.92. The maximum atomic E-state index is 12.3. The van der Waals surface area contributed by atoms with Gasteiger partial charge in [-0.3, -0.25) is 4.79 Å². The van der Waals surface area contributed by atoms with Crippen molar-refractivity contribution in [2.24, 2.45) is 0 Å². The first-order valence-corrected chi connectivity index (χ1v) is 7.51. The van der Waals surface area contributed by atoms with Crippen LogP contribution in [0.25, 0.3) is 11.0 Å². The van der Waals surface area contributed by atoms with Gasteiger partial charge in [-0.1, -0.05) is 19.1 Å². The number of aryl methyl sites for hydroxylation is 2. The molecule has 4 nitrogen and oxygen atoms in total. The summed E-state index contributed by atoms with van der Waals surface area (Å²) in [5.41, 5.74) is 3.29. The number of hydrogen-bond acceptors (Lipinski definition) is 3. The second-order valence-corrected chi connectivity index (χ2v) is 5.46. The minimum atomic E-state index is -0.395. The third-order valence-electron chi connectivity index (χ3n) is 3.83. The van der Waals surface area contributed by atoms with Crippen molar-refractivity contribution in [1.82, 2.24) is 0 Å². The molecule has 4 heteroatoms. The third-order valence-corrected chi connectivity index (χ3v) is 3.83. The van der Waals surface area contributed by atoms with Gasteiger partial charge in [-0.05, 0) is 48.7 Å². The van der Waals surface area contributed by atoms with Crippen LogP contribution in [-0.2, 0) is 6.42 Å². The van der Waals surface area contributed by atoms with Crippen LogP contribution in [0.15, 0.2) is 57.7 Å². The van der Waals surface area contributed by atoms with Gasteiger partial charge in [-0.25, -0.2) is 4.79 Å². The first-order valence-electron chi connectivity index (χ1n) is 7.51. The number of fused-ring (bicyclic) bond motifs is 1. The number of nitrogens with one attached hydrogen (secondary N) is 1. The molecule has 3 aromatic rings. The minimum absolute atomic E-state index is 0.193. The van der Waals surface area contributed by atoms with Gasteiger partial charge in [-0.2, -0.15) is 0 Å². The Balaban J connectivity index is 1.88. The van der Waals surface area contributed by atoms with E-state index in [0.29, 0.717) is 16.8 Å². The molecule has 1 aromatic heterocycles. The lowest BCUT2D eigenvalue weighted by Crippen LogP contribution is -2.12. The highest BCUT2D eigenvalue weighted by atomic mass is 16.4. The number of carbonyl (C=O) groups excluding carboxylic acids is 1. The summed E-state index contributed by atoms with van der Waals surface area (Å²) < 4.78 is 5.19. The van der Waals surface area contributed by atoms with Crippen molar-refractivity contribution in [3.63, 3.8) is 0 Å². The summed E-state index contributed by atoms with van der Waals surface area (Å²) in [5.74, 6) is -0.193. The van der Waals surface area contributed by atoms with Crippen LogP contribution in [0.1, 0.15) is 28.4 Å². The predicted molar refractivity (Wildman–Crippen MR) is 91.0 cm³/mol. The molecular formula is C19H17NO3. The lowest BCUT2D eigenvalue weighted by molar-refractivity contribution is 0.102. The van der Waals surface area contributed by atoms with Crippen molar-refractivity contribution in [2.45, 2.75) is 20.3 Å². The normalized spacial score (nSPS) is 10.7. The van der Waals surface area contributed by atoms with Crippen LogP contribution < -0.4 is 10.9 Å². The molecule has 0 bridgehead atoms. The standard InChI is InChI=1S/C19H17NO3/c1-3-13-4-6-14(7-5-13)19(22)20-15-8-9-16-12(2)10-18(21)23-17(16)11-15/h4-11H,3H2,1-2H3,(H,20,22). The molecule has 0 radical (unpaired) electrons. The summed E-state index contributed by atoms with van der Waals surface area (Å²) in [6.07, 6.45) is 0.935. The van der Waals surface area contributed by atoms with Crippen LogP contribution >= 0.6 is 0 Å². The zero-order valence-electron chi connectivity index (χ0n) is 13.1. The molecule has 23 heavy (non-hydrogen) atoms. The van der Waals surface area contributed by atoms with E-state index < -0.39 is 5.63 Å². The van der Waals surface area contributed by atoms with Gasteiger partial charge in [0.2, 0.25) is 0 Å². The van der Waals surface area contributed by atoms with Crippen molar-refractivity contribution >= 4 is 22.6 Å². The van der Waals surface area contributed by atoms with Gasteiger partial charge < -0.3 is 9.73 Å². The Kier molecular flexibility index (Phi) is 3.98. The average molecular weight is 307 g/mol. The van der Waals surface area contributed by atoms with E-state index in [2.05, 4.69) is 12.2 Å². The molecule has 3 rings (SSSR count). The highest BCUT2D eigenvalue weighted by Crippen LogP contribution is 2.21. The van der Waals surface area contributed by atoms with Gasteiger partial charge in [-0.15, -0.1) is 0 Å². The average Bonchev–Trinajstić information content (AvgIpc) is 2.54. The van der Waals surface area contributed by atoms with Gasteiger partial charge in [0.05, 0.1) is 0 Å². The molecule has 1 N–H and O–H groups in total. The molecule has 0 spiro atoms. The van der Waals surface area contributed by atoms with E-state index >= 15 is 0 Å². The summed E-state index contributed by atoms with van der Waals surface area (Å²) in [6.45, 7) is 3.92. The fourth-order valence-electron chi connectivity index (χ4n) is 2.50. The Hall–Kier alpha value is -2.88. The molecule has 2 aromatic carbocycles. The largest absolute Gasteiger partial charge is 0.423 e. The van der Waals surface area contributed by atoms with Gasteiger partial charge in [0.25, 0.3) is 5.91 Å². The monoisotopic (exact) mass is 307 g/mol. The number of anilines is 1. The second kappa shape index (κ2) is 6.08. The summed E-state index contributed by atoms with van der Waals surface area (Å²) >= 11 is 0. The fourth-order valence-corrected chi connectivity index (χ4v) is 2.50. The first kappa shape index (κ1) is 15.0. The molecule has 0 aliphatic rings. The zero-order valence-corrected chi connectivity index (χ0v) is 13.1. The smallest absolute Gasteiger partial charge is 0.336 e. The van der Waals surface area contributed by atoms with Gasteiger partial charge in [0.15, 0.2) is 0 Å². The number of rotatable bonds is 3. The molecule has 0 saturated carbocycles.